The van der Waals surface area contributed by atoms with E-state index in [1.807, 2.05) is 37.3 Å². The van der Waals surface area contributed by atoms with Gasteiger partial charge in [-0.15, -0.1) is 11.8 Å². The zero-order valence-electron chi connectivity index (χ0n) is 13.5. The minimum atomic E-state index is -0.390. The summed E-state index contributed by atoms with van der Waals surface area (Å²) in [6.45, 7) is 1.64. The average Bonchev–Trinajstić information content (AvgIpc) is 2.90. The summed E-state index contributed by atoms with van der Waals surface area (Å²) in [5.41, 5.74) is 3.62. The van der Waals surface area contributed by atoms with Gasteiger partial charge in [0.1, 0.15) is 11.1 Å². The molecule has 0 aromatic heterocycles. The van der Waals surface area contributed by atoms with Gasteiger partial charge in [0.15, 0.2) is 6.61 Å². The topological polar surface area (TPSA) is 58.6 Å². The van der Waals surface area contributed by atoms with Gasteiger partial charge in [-0.1, -0.05) is 41.9 Å². The highest BCUT2D eigenvalue weighted by Crippen LogP contribution is 2.41. The molecular formula is C18H17ClN2O3S. The lowest BCUT2D eigenvalue weighted by atomic mass is 10.2. The van der Waals surface area contributed by atoms with Crippen LogP contribution < -0.4 is 10.2 Å². The van der Waals surface area contributed by atoms with Crippen molar-refractivity contribution in [2.75, 3.05) is 6.61 Å². The van der Waals surface area contributed by atoms with E-state index in [2.05, 4.69) is 5.43 Å². The van der Waals surface area contributed by atoms with Crippen LogP contribution in [0.3, 0.4) is 0 Å². The maximum absolute atomic E-state index is 12.4. The van der Waals surface area contributed by atoms with E-state index in [4.69, 9.17) is 16.3 Å². The lowest BCUT2D eigenvalue weighted by molar-refractivity contribution is -0.141. The smallest absolute Gasteiger partial charge is 0.276 e. The fourth-order valence-electron chi connectivity index (χ4n) is 2.43. The van der Waals surface area contributed by atoms with E-state index in [0.717, 1.165) is 5.56 Å². The van der Waals surface area contributed by atoms with Crippen molar-refractivity contribution in [2.24, 2.45) is 0 Å². The molecule has 2 unspecified atom stereocenters. The first kappa shape index (κ1) is 17.6. The third kappa shape index (κ3) is 4.27. The minimum Gasteiger partial charge on any atom is -0.484 e. The molecule has 1 N–H and O–H groups in total. The molecule has 1 saturated heterocycles. The van der Waals surface area contributed by atoms with Crippen LogP contribution >= 0.6 is 23.4 Å². The number of rotatable bonds is 5. The number of benzene rings is 2. The van der Waals surface area contributed by atoms with E-state index in [0.29, 0.717) is 10.8 Å². The first-order chi connectivity index (χ1) is 12.0. The second-order valence-corrected chi connectivity index (χ2v) is 7.39. The number of nitrogens with zero attached hydrogens (tertiary/aromatic N) is 1. The lowest BCUT2D eigenvalue weighted by Crippen LogP contribution is -2.47. The SMILES string of the molecule is CC1SC(c2ccccc2)N(NC(=O)COc2ccc(Cl)cc2)C1=O. The Labute approximate surface area is 155 Å². The second-order valence-electron chi connectivity index (χ2n) is 5.53. The summed E-state index contributed by atoms with van der Waals surface area (Å²) in [6, 6.07) is 16.3. The third-order valence-electron chi connectivity index (χ3n) is 3.67. The van der Waals surface area contributed by atoms with Gasteiger partial charge < -0.3 is 4.74 Å². The predicted octanol–water partition coefficient (Wildman–Crippen LogP) is 3.41. The number of hydrogen-bond donors (Lipinski definition) is 1. The molecule has 2 atom stereocenters. The molecule has 2 aromatic carbocycles. The molecule has 1 aliphatic rings. The Balaban J connectivity index is 1.63. The van der Waals surface area contributed by atoms with Crippen LogP contribution in [-0.2, 0) is 9.59 Å². The summed E-state index contributed by atoms with van der Waals surface area (Å²) in [4.78, 5) is 24.6. The number of hydrazine groups is 1. The lowest BCUT2D eigenvalue weighted by Gasteiger charge is -2.24. The predicted molar refractivity (Wildman–Crippen MR) is 98.2 cm³/mol. The molecule has 0 spiro atoms. The maximum Gasteiger partial charge on any atom is 0.276 e. The number of carbonyl (C=O) groups is 2. The van der Waals surface area contributed by atoms with Gasteiger partial charge in [0.2, 0.25) is 0 Å². The van der Waals surface area contributed by atoms with Gasteiger partial charge in [0.25, 0.3) is 11.8 Å². The van der Waals surface area contributed by atoms with Gasteiger partial charge in [-0.05, 0) is 36.8 Å². The molecular weight excluding hydrogens is 360 g/mol. The van der Waals surface area contributed by atoms with Crippen LogP contribution in [0.2, 0.25) is 5.02 Å². The summed E-state index contributed by atoms with van der Waals surface area (Å²) >= 11 is 7.31. The van der Waals surface area contributed by atoms with E-state index < -0.39 is 0 Å². The molecule has 0 bridgehead atoms. The zero-order chi connectivity index (χ0) is 17.8. The molecule has 0 aliphatic carbocycles. The summed E-state index contributed by atoms with van der Waals surface area (Å²) in [5.74, 6) is 0.0206. The van der Waals surface area contributed by atoms with Crippen LogP contribution in [0, 0.1) is 0 Å². The minimum absolute atomic E-state index is 0.126. The average molecular weight is 377 g/mol. The van der Waals surface area contributed by atoms with Crippen molar-refractivity contribution in [3.05, 3.63) is 65.2 Å². The standard InChI is InChI=1S/C18H17ClN2O3S/c1-12-17(23)21(18(25-12)13-5-3-2-4-6-13)20-16(22)11-24-15-9-7-14(19)8-10-15/h2-10,12,18H,11H2,1H3,(H,20,22). The number of nitrogens with one attached hydrogen (secondary N) is 1. The molecule has 5 nitrogen and oxygen atoms in total. The van der Waals surface area contributed by atoms with Crippen molar-refractivity contribution >= 4 is 35.2 Å². The highest BCUT2D eigenvalue weighted by atomic mass is 35.5. The Morgan fingerprint density at radius 2 is 1.88 bits per heavy atom. The van der Waals surface area contributed by atoms with Crippen molar-refractivity contribution in [3.63, 3.8) is 0 Å². The van der Waals surface area contributed by atoms with Gasteiger partial charge in [-0.2, -0.15) is 0 Å². The number of amides is 2. The Morgan fingerprint density at radius 1 is 1.20 bits per heavy atom. The second kappa shape index (κ2) is 7.80. The largest absolute Gasteiger partial charge is 0.484 e. The number of ether oxygens (including phenoxy) is 1. The summed E-state index contributed by atoms with van der Waals surface area (Å²) < 4.78 is 5.42. The third-order valence-corrected chi connectivity index (χ3v) is 5.27. The Kier molecular flexibility index (Phi) is 5.50. The highest BCUT2D eigenvalue weighted by Gasteiger charge is 2.39. The zero-order valence-corrected chi connectivity index (χ0v) is 15.1. The van der Waals surface area contributed by atoms with Crippen molar-refractivity contribution in [2.45, 2.75) is 17.5 Å². The number of carbonyl (C=O) groups excluding carboxylic acids is 2. The van der Waals surface area contributed by atoms with Crippen molar-refractivity contribution < 1.29 is 14.3 Å². The van der Waals surface area contributed by atoms with E-state index in [-0.39, 0.29) is 29.0 Å². The van der Waals surface area contributed by atoms with Crippen molar-refractivity contribution in [1.29, 1.82) is 0 Å². The van der Waals surface area contributed by atoms with E-state index in [1.165, 1.54) is 16.8 Å². The molecule has 0 saturated carbocycles. The molecule has 0 radical (unpaired) electrons. The summed E-state index contributed by atoms with van der Waals surface area (Å²) in [7, 11) is 0. The van der Waals surface area contributed by atoms with Crippen LogP contribution in [0.5, 0.6) is 5.75 Å². The summed E-state index contributed by atoms with van der Waals surface area (Å²) in [5, 5.41) is 1.51. The monoisotopic (exact) mass is 376 g/mol. The van der Waals surface area contributed by atoms with E-state index in [1.54, 1.807) is 24.3 Å². The molecule has 7 heteroatoms. The van der Waals surface area contributed by atoms with Crippen LogP contribution in [-0.4, -0.2) is 28.7 Å². The molecule has 1 heterocycles. The fourth-order valence-corrected chi connectivity index (χ4v) is 3.76. The van der Waals surface area contributed by atoms with Gasteiger partial charge >= 0.3 is 0 Å². The Morgan fingerprint density at radius 3 is 2.56 bits per heavy atom. The number of halogens is 1. The molecule has 3 rings (SSSR count). The Hall–Kier alpha value is -2.18. The van der Waals surface area contributed by atoms with Crippen LogP contribution in [0.4, 0.5) is 0 Å². The van der Waals surface area contributed by atoms with Gasteiger partial charge in [-0.25, -0.2) is 5.01 Å². The van der Waals surface area contributed by atoms with E-state index in [9.17, 15) is 9.59 Å². The summed E-state index contributed by atoms with van der Waals surface area (Å²) in [6.07, 6.45) is 0. The normalized spacial score (nSPS) is 19.8. The molecule has 1 aliphatic heterocycles. The number of thioether (sulfide) groups is 1. The molecule has 2 aromatic rings. The highest BCUT2D eigenvalue weighted by molar-refractivity contribution is 8.01. The van der Waals surface area contributed by atoms with Crippen molar-refractivity contribution in [3.8, 4) is 5.75 Å². The van der Waals surface area contributed by atoms with Gasteiger partial charge in [0.05, 0.1) is 5.25 Å². The quantitative estimate of drug-likeness (QED) is 0.868. The van der Waals surface area contributed by atoms with Gasteiger partial charge in [0, 0.05) is 5.02 Å². The van der Waals surface area contributed by atoms with E-state index >= 15 is 0 Å². The molecule has 1 fully saturated rings. The van der Waals surface area contributed by atoms with Crippen LogP contribution in [0.15, 0.2) is 54.6 Å². The first-order valence-corrected chi connectivity index (χ1v) is 9.08. The van der Waals surface area contributed by atoms with Crippen LogP contribution in [0.25, 0.3) is 0 Å². The van der Waals surface area contributed by atoms with Crippen molar-refractivity contribution in [1.82, 2.24) is 10.4 Å². The molecule has 130 valence electrons. The Bertz CT molecular complexity index is 755. The van der Waals surface area contributed by atoms with Gasteiger partial charge in [-0.3, -0.25) is 15.0 Å². The maximum atomic E-state index is 12.4. The van der Waals surface area contributed by atoms with Crippen LogP contribution in [0.1, 0.15) is 17.9 Å². The number of hydrogen-bond acceptors (Lipinski definition) is 4. The molecule has 2 amide bonds. The first-order valence-electron chi connectivity index (χ1n) is 7.76. The fraction of sp³-hybridized carbons (Fsp3) is 0.222. The molecule has 25 heavy (non-hydrogen) atoms.